The normalized spacial score (nSPS) is 13.7. The van der Waals surface area contributed by atoms with Crippen molar-refractivity contribution in [3.8, 4) is 0 Å². The number of aromatic amines is 1. The lowest BCUT2D eigenvalue weighted by atomic mass is 10.3. The Balaban J connectivity index is 2.27. The predicted octanol–water partition coefficient (Wildman–Crippen LogP) is 1.96. The number of aromatic nitrogens is 2. The Morgan fingerprint density at radius 2 is 2.29 bits per heavy atom. The van der Waals surface area contributed by atoms with Crippen LogP contribution >= 0.6 is 11.3 Å². The molecule has 0 saturated heterocycles. The van der Waals surface area contributed by atoms with E-state index in [9.17, 15) is 8.42 Å². The zero-order chi connectivity index (χ0) is 15.5. The zero-order valence-electron chi connectivity index (χ0n) is 12.3. The molecule has 1 atom stereocenters. The van der Waals surface area contributed by atoms with E-state index >= 15 is 0 Å². The molecule has 0 aliphatic carbocycles. The van der Waals surface area contributed by atoms with Gasteiger partial charge in [-0.25, -0.2) is 8.42 Å². The van der Waals surface area contributed by atoms with Crippen LogP contribution in [0.4, 0.5) is 0 Å². The minimum absolute atomic E-state index is 0.161. The SMILES string of the molecule is CCNCc1cn[nH]c1S(=O)(=O)N(C)C(C)c1cccs1. The Kier molecular flexibility index (Phi) is 5.15. The fourth-order valence-corrected chi connectivity index (χ4v) is 4.30. The van der Waals surface area contributed by atoms with E-state index in [0.717, 1.165) is 11.4 Å². The summed E-state index contributed by atoms with van der Waals surface area (Å²) in [5.41, 5.74) is 0.655. The molecule has 0 bridgehead atoms. The van der Waals surface area contributed by atoms with E-state index < -0.39 is 10.0 Å². The van der Waals surface area contributed by atoms with Crippen molar-refractivity contribution < 1.29 is 8.42 Å². The molecular weight excluding hydrogens is 308 g/mol. The smallest absolute Gasteiger partial charge is 0.260 e. The van der Waals surface area contributed by atoms with Gasteiger partial charge in [0, 0.05) is 24.0 Å². The molecule has 2 aromatic heterocycles. The number of sulfonamides is 1. The average molecular weight is 328 g/mol. The summed E-state index contributed by atoms with van der Waals surface area (Å²) in [6, 6.07) is 3.64. The maximum atomic E-state index is 12.7. The second-order valence-electron chi connectivity index (χ2n) is 4.72. The van der Waals surface area contributed by atoms with Crippen LogP contribution in [0.15, 0.2) is 28.7 Å². The van der Waals surface area contributed by atoms with Gasteiger partial charge in [0.05, 0.1) is 12.2 Å². The van der Waals surface area contributed by atoms with E-state index in [2.05, 4.69) is 15.5 Å². The third kappa shape index (κ3) is 3.34. The first-order valence-corrected chi connectivity index (χ1v) is 9.04. The van der Waals surface area contributed by atoms with E-state index in [1.807, 2.05) is 31.4 Å². The lowest BCUT2D eigenvalue weighted by Crippen LogP contribution is -2.30. The maximum Gasteiger partial charge on any atom is 0.260 e. The third-order valence-electron chi connectivity index (χ3n) is 3.38. The van der Waals surface area contributed by atoms with Gasteiger partial charge in [-0.15, -0.1) is 11.3 Å². The van der Waals surface area contributed by atoms with Crippen LogP contribution in [-0.2, 0) is 16.6 Å². The molecule has 0 aromatic carbocycles. The standard InChI is InChI=1S/C13H20N4O2S2/c1-4-14-8-11-9-15-16-13(11)21(18,19)17(3)10(2)12-6-5-7-20-12/h5-7,9-10,14H,4,8H2,1-3H3,(H,15,16). The second-order valence-corrected chi connectivity index (χ2v) is 7.63. The molecule has 8 heteroatoms. The van der Waals surface area contributed by atoms with E-state index in [0.29, 0.717) is 12.1 Å². The minimum Gasteiger partial charge on any atom is -0.313 e. The maximum absolute atomic E-state index is 12.7. The highest BCUT2D eigenvalue weighted by Gasteiger charge is 2.30. The van der Waals surface area contributed by atoms with Gasteiger partial charge in [-0.2, -0.15) is 9.40 Å². The van der Waals surface area contributed by atoms with Crippen molar-refractivity contribution >= 4 is 21.4 Å². The van der Waals surface area contributed by atoms with Crippen LogP contribution in [0, 0.1) is 0 Å². The molecule has 116 valence electrons. The van der Waals surface area contributed by atoms with Crippen molar-refractivity contribution in [1.82, 2.24) is 19.8 Å². The molecule has 21 heavy (non-hydrogen) atoms. The van der Waals surface area contributed by atoms with E-state index in [4.69, 9.17) is 0 Å². The molecule has 0 saturated carbocycles. The predicted molar refractivity (Wildman–Crippen MR) is 83.7 cm³/mol. The molecule has 2 aromatic rings. The fourth-order valence-electron chi connectivity index (χ4n) is 1.97. The summed E-state index contributed by atoms with van der Waals surface area (Å²) < 4.78 is 26.9. The van der Waals surface area contributed by atoms with Gasteiger partial charge < -0.3 is 5.32 Å². The Hall–Kier alpha value is -1.22. The summed E-state index contributed by atoms with van der Waals surface area (Å²) in [6.07, 6.45) is 1.55. The van der Waals surface area contributed by atoms with Crippen LogP contribution in [0.25, 0.3) is 0 Å². The number of nitrogens with zero attached hydrogens (tertiary/aromatic N) is 2. The molecule has 0 spiro atoms. The molecule has 0 radical (unpaired) electrons. The molecule has 0 aliphatic heterocycles. The van der Waals surface area contributed by atoms with Crippen molar-refractivity contribution in [3.05, 3.63) is 34.2 Å². The van der Waals surface area contributed by atoms with Gasteiger partial charge in [-0.3, -0.25) is 5.10 Å². The van der Waals surface area contributed by atoms with Crippen LogP contribution in [0.1, 0.15) is 30.3 Å². The van der Waals surface area contributed by atoms with Gasteiger partial charge >= 0.3 is 0 Å². The third-order valence-corrected chi connectivity index (χ3v) is 6.37. The Labute approximate surface area is 129 Å². The van der Waals surface area contributed by atoms with Gasteiger partial charge in [0.25, 0.3) is 10.0 Å². The summed E-state index contributed by atoms with van der Waals surface area (Å²) in [6.45, 7) is 5.10. The van der Waals surface area contributed by atoms with E-state index in [1.54, 1.807) is 24.6 Å². The highest BCUT2D eigenvalue weighted by Crippen LogP contribution is 2.28. The van der Waals surface area contributed by atoms with Crippen LogP contribution in [0.5, 0.6) is 0 Å². The summed E-state index contributed by atoms with van der Waals surface area (Å²) in [5, 5.41) is 11.7. The zero-order valence-corrected chi connectivity index (χ0v) is 14.0. The van der Waals surface area contributed by atoms with Crippen molar-refractivity contribution in [2.45, 2.75) is 31.5 Å². The van der Waals surface area contributed by atoms with E-state index in [-0.39, 0.29) is 11.1 Å². The molecule has 6 nitrogen and oxygen atoms in total. The Morgan fingerprint density at radius 1 is 1.52 bits per heavy atom. The minimum atomic E-state index is -3.60. The average Bonchev–Trinajstić information content (AvgIpc) is 3.14. The summed E-state index contributed by atoms with van der Waals surface area (Å²) in [5.74, 6) is 0. The van der Waals surface area contributed by atoms with Gasteiger partial charge in [0.15, 0.2) is 5.03 Å². The molecule has 0 fully saturated rings. The first-order chi connectivity index (χ1) is 9.98. The summed E-state index contributed by atoms with van der Waals surface area (Å²) in [7, 11) is -2.01. The molecule has 2 heterocycles. The Morgan fingerprint density at radius 3 is 2.90 bits per heavy atom. The number of hydrogen-bond donors (Lipinski definition) is 2. The molecule has 2 rings (SSSR count). The molecular formula is C13H20N4O2S2. The molecule has 2 N–H and O–H groups in total. The molecule has 1 unspecified atom stereocenters. The number of thiophene rings is 1. The van der Waals surface area contributed by atoms with Gasteiger partial charge in [-0.1, -0.05) is 13.0 Å². The number of nitrogens with one attached hydrogen (secondary N) is 2. The number of rotatable bonds is 7. The fraction of sp³-hybridized carbons (Fsp3) is 0.462. The first kappa shape index (κ1) is 16.2. The largest absolute Gasteiger partial charge is 0.313 e. The van der Waals surface area contributed by atoms with Crippen LogP contribution in [-0.4, -0.2) is 36.5 Å². The van der Waals surface area contributed by atoms with Gasteiger partial charge in [0.2, 0.25) is 0 Å². The monoisotopic (exact) mass is 328 g/mol. The van der Waals surface area contributed by atoms with Gasteiger partial charge in [-0.05, 0) is 24.9 Å². The summed E-state index contributed by atoms with van der Waals surface area (Å²) in [4.78, 5) is 1.01. The van der Waals surface area contributed by atoms with Gasteiger partial charge in [0.1, 0.15) is 0 Å². The van der Waals surface area contributed by atoms with Crippen molar-refractivity contribution in [3.63, 3.8) is 0 Å². The van der Waals surface area contributed by atoms with Crippen LogP contribution in [0.2, 0.25) is 0 Å². The van der Waals surface area contributed by atoms with Crippen LogP contribution < -0.4 is 5.32 Å². The number of H-pyrrole nitrogens is 1. The number of hydrogen-bond acceptors (Lipinski definition) is 5. The first-order valence-electron chi connectivity index (χ1n) is 6.72. The van der Waals surface area contributed by atoms with Crippen molar-refractivity contribution in [2.24, 2.45) is 0 Å². The second kappa shape index (κ2) is 6.69. The van der Waals surface area contributed by atoms with Crippen molar-refractivity contribution in [2.75, 3.05) is 13.6 Å². The Bertz CT molecular complexity index is 664. The summed E-state index contributed by atoms with van der Waals surface area (Å²) >= 11 is 1.55. The van der Waals surface area contributed by atoms with Crippen molar-refractivity contribution in [1.29, 1.82) is 0 Å². The topological polar surface area (TPSA) is 78.1 Å². The highest BCUT2D eigenvalue weighted by atomic mass is 32.2. The quantitative estimate of drug-likeness (QED) is 0.814. The lowest BCUT2D eigenvalue weighted by molar-refractivity contribution is 0.400. The highest BCUT2D eigenvalue weighted by molar-refractivity contribution is 7.89. The molecule has 0 amide bonds. The van der Waals surface area contributed by atoms with Crippen LogP contribution in [0.3, 0.4) is 0 Å². The molecule has 0 aliphatic rings. The lowest BCUT2D eigenvalue weighted by Gasteiger charge is -2.23. The van der Waals surface area contributed by atoms with E-state index in [1.165, 1.54) is 4.31 Å².